The van der Waals surface area contributed by atoms with Gasteiger partial charge in [0.25, 0.3) is 0 Å². The van der Waals surface area contributed by atoms with Crippen LogP contribution in [0.5, 0.6) is 0 Å². The molecule has 5 nitrogen and oxygen atoms in total. The van der Waals surface area contributed by atoms with E-state index in [-0.39, 0.29) is 18.4 Å². The number of aryl methyl sites for hydroxylation is 1. The van der Waals surface area contributed by atoms with Crippen molar-refractivity contribution in [2.75, 3.05) is 24.2 Å². The van der Waals surface area contributed by atoms with E-state index in [1.165, 1.54) is 0 Å². The highest BCUT2D eigenvalue weighted by atomic mass is 16.2. The molecule has 1 atom stereocenters. The monoisotopic (exact) mass is 339 g/mol. The van der Waals surface area contributed by atoms with Crippen molar-refractivity contribution in [2.45, 2.75) is 26.8 Å². The van der Waals surface area contributed by atoms with Crippen LogP contribution in [0.3, 0.4) is 0 Å². The van der Waals surface area contributed by atoms with E-state index in [4.69, 9.17) is 0 Å². The lowest BCUT2D eigenvalue weighted by molar-refractivity contribution is -0.122. The molecule has 132 valence electrons. The predicted octanol–water partition coefficient (Wildman–Crippen LogP) is 3.20. The van der Waals surface area contributed by atoms with Crippen LogP contribution >= 0.6 is 0 Å². The summed E-state index contributed by atoms with van der Waals surface area (Å²) in [7, 11) is 1.76. The quantitative estimate of drug-likeness (QED) is 0.849. The molecule has 0 saturated carbocycles. The summed E-state index contributed by atoms with van der Waals surface area (Å²) in [5.74, 6) is -0.288. The Bertz CT molecular complexity index is 744. The number of hydrogen-bond donors (Lipinski definition) is 2. The first-order valence-electron chi connectivity index (χ1n) is 8.30. The number of rotatable bonds is 6. The molecule has 0 heterocycles. The van der Waals surface area contributed by atoms with Gasteiger partial charge in [-0.25, -0.2) is 0 Å². The van der Waals surface area contributed by atoms with Gasteiger partial charge >= 0.3 is 0 Å². The lowest BCUT2D eigenvalue weighted by atomic mass is 10.1. The Morgan fingerprint density at radius 3 is 2.36 bits per heavy atom. The molecule has 0 bridgehead atoms. The third-order valence-corrected chi connectivity index (χ3v) is 4.35. The smallest absolute Gasteiger partial charge is 0.241 e. The summed E-state index contributed by atoms with van der Waals surface area (Å²) < 4.78 is 0. The van der Waals surface area contributed by atoms with Crippen molar-refractivity contribution in [1.29, 1.82) is 0 Å². The second kappa shape index (κ2) is 8.44. The molecule has 0 fully saturated rings. The van der Waals surface area contributed by atoms with E-state index in [1.54, 1.807) is 18.9 Å². The number of amides is 2. The number of nitrogens with one attached hydrogen (secondary N) is 2. The lowest BCUT2D eigenvalue weighted by Crippen LogP contribution is -2.43. The first-order valence-corrected chi connectivity index (χ1v) is 8.30. The van der Waals surface area contributed by atoms with E-state index < -0.39 is 6.04 Å². The maximum atomic E-state index is 12.3. The summed E-state index contributed by atoms with van der Waals surface area (Å²) in [4.78, 5) is 26.3. The van der Waals surface area contributed by atoms with Gasteiger partial charge in [0.1, 0.15) is 0 Å². The molecule has 0 aliphatic carbocycles. The van der Waals surface area contributed by atoms with Crippen LogP contribution in [0.2, 0.25) is 0 Å². The summed E-state index contributed by atoms with van der Waals surface area (Å²) in [6.45, 7) is 5.90. The number of hydrogen-bond acceptors (Lipinski definition) is 3. The zero-order chi connectivity index (χ0) is 18.4. The second-order valence-corrected chi connectivity index (χ2v) is 6.24. The van der Waals surface area contributed by atoms with E-state index in [0.29, 0.717) is 0 Å². The molecule has 2 N–H and O–H groups in total. The van der Waals surface area contributed by atoms with Gasteiger partial charge in [-0.1, -0.05) is 30.3 Å². The van der Waals surface area contributed by atoms with Gasteiger partial charge in [-0.3, -0.25) is 14.5 Å². The average Bonchev–Trinajstić information content (AvgIpc) is 2.59. The Hall–Kier alpha value is -2.66. The van der Waals surface area contributed by atoms with Crippen LogP contribution in [0.4, 0.5) is 11.4 Å². The zero-order valence-electron chi connectivity index (χ0n) is 15.2. The largest absolute Gasteiger partial charge is 0.325 e. The van der Waals surface area contributed by atoms with Gasteiger partial charge in [0.15, 0.2) is 0 Å². The Morgan fingerprint density at radius 2 is 1.68 bits per heavy atom. The van der Waals surface area contributed by atoms with Gasteiger partial charge in [-0.2, -0.15) is 0 Å². The molecule has 25 heavy (non-hydrogen) atoms. The first kappa shape index (κ1) is 18.7. The van der Waals surface area contributed by atoms with Crippen LogP contribution in [0.15, 0.2) is 48.5 Å². The van der Waals surface area contributed by atoms with Crippen LogP contribution < -0.4 is 10.6 Å². The van der Waals surface area contributed by atoms with E-state index >= 15 is 0 Å². The van der Waals surface area contributed by atoms with Crippen molar-refractivity contribution in [3.8, 4) is 0 Å². The minimum atomic E-state index is -0.426. The molecule has 2 aromatic carbocycles. The van der Waals surface area contributed by atoms with E-state index in [2.05, 4.69) is 10.6 Å². The van der Waals surface area contributed by atoms with Gasteiger partial charge in [0.2, 0.25) is 11.8 Å². The average molecular weight is 339 g/mol. The molecule has 0 spiro atoms. The SMILES string of the molecule is Cc1cccc(NC(=O)CN(C)[C@H](C)C(=O)Nc2ccccc2)c1C. The standard InChI is InChI=1S/C20H25N3O2/c1-14-9-8-12-18(15(14)2)22-19(24)13-23(4)16(3)20(25)21-17-10-6-5-7-11-17/h5-12,16H,13H2,1-4H3,(H,21,25)(H,22,24)/t16-/m1/s1. The predicted molar refractivity (Wildman–Crippen MR) is 102 cm³/mol. The molecule has 0 saturated heterocycles. The van der Waals surface area contributed by atoms with Gasteiger partial charge < -0.3 is 10.6 Å². The maximum Gasteiger partial charge on any atom is 0.241 e. The molecule has 5 heteroatoms. The van der Waals surface area contributed by atoms with E-state index in [9.17, 15) is 9.59 Å². The number of para-hydroxylation sites is 1. The van der Waals surface area contributed by atoms with Crippen molar-refractivity contribution < 1.29 is 9.59 Å². The third-order valence-electron chi connectivity index (χ3n) is 4.35. The van der Waals surface area contributed by atoms with Crippen molar-refractivity contribution in [3.05, 3.63) is 59.7 Å². The van der Waals surface area contributed by atoms with Crippen molar-refractivity contribution in [1.82, 2.24) is 4.90 Å². The van der Waals surface area contributed by atoms with Crippen molar-refractivity contribution in [2.24, 2.45) is 0 Å². The summed E-state index contributed by atoms with van der Waals surface area (Å²) in [5.41, 5.74) is 3.72. The molecule has 0 aliphatic heterocycles. The minimum Gasteiger partial charge on any atom is -0.325 e. The highest BCUT2D eigenvalue weighted by molar-refractivity contribution is 5.96. The summed E-state index contributed by atoms with van der Waals surface area (Å²) in [6.07, 6.45) is 0. The molecule has 2 amide bonds. The first-order chi connectivity index (χ1) is 11.9. The van der Waals surface area contributed by atoms with Gasteiger partial charge in [-0.05, 0) is 57.1 Å². The van der Waals surface area contributed by atoms with Gasteiger partial charge in [0, 0.05) is 11.4 Å². The number of benzene rings is 2. The number of anilines is 2. The topological polar surface area (TPSA) is 61.4 Å². The fourth-order valence-electron chi connectivity index (χ4n) is 2.41. The van der Waals surface area contributed by atoms with E-state index in [0.717, 1.165) is 22.5 Å². The van der Waals surface area contributed by atoms with Gasteiger partial charge in [-0.15, -0.1) is 0 Å². The second-order valence-electron chi connectivity index (χ2n) is 6.24. The Kier molecular flexibility index (Phi) is 6.31. The zero-order valence-corrected chi connectivity index (χ0v) is 15.2. The molecular weight excluding hydrogens is 314 g/mol. The number of carbonyl (C=O) groups excluding carboxylic acids is 2. The minimum absolute atomic E-state index is 0.136. The fourth-order valence-corrected chi connectivity index (χ4v) is 2.41. The molecule has 2 rings (SSSR count). The maximum absolute atomic E-state index is 12.3. The van der Waals surface area contributed by atoms with Crippen LogP contribution in [-0.2, 0) is 9.59 Å². The summed E-state index contributed by atoms with van der Waals surface area (Å²) >= 11 is 0. The van der Waals surface area contributed by atoms with Crippen LogP contribution in [0.25, 0.3) is 0 Å². The van der Waals surface area contributed by atoms with Crippen LogP contribution in [0, 0.1) is 13.8 Å². The molecule has 0 aliphatic rings. The summed E-state index contributed by atoms with van der Waals surface area (Å²) in [6, 6.07) is 14.7. The van der Waals surface area contributed by atoms with Crippen molar-refractivity contribution in [3.63, 3.8) is 0 Å². The number of nitrogens with zero attached hydrogens (tertiary/aromatic N) is 1. The normalized spacial score (nSPS) is 11.9. The molecule has 0 unspecified atom stereocenters. The Labute approximate surface area is 149 Å². The van der Waals surface area contributed by atoms with Crippen LogP contribution in [0.1, 0.15) is 18.1 Å². The fraction of sp³-hybridized carbons (Fsp3) is 0.300. The highest BCUT2D eigenvalue weighted by Crippen LogP contribution is 2.18. The molecule has 2 aromatic rings. The number of carbonyl (C=O) groups is 2. The highest BCUT2D eigenvalue weighted by Gasteiger charge is 2.20. The summed E-state index contributed by atoms with van der Waals surface area (Å²) in [5, 5.41) is 5.76. The lowest BCUT2D eigenvalue weighted by Gasteiger charge is -2.23. The Balaban J connectivity index is 1.91. The molecule has 0 radical (unpaired) electrons. The molecular formula is C20H25N3O2. The third kappa shape index (κ3) is 5.16. The Morgan fingerprint density at radius 1 is 1.00 bits per heavy atom. The van der Waals surface area contributed by atoms with Gasteiger partial charge in [0.05, 0.1) is 12.6 Å². The number of likely N-dealkylation sites (N-methyl/N-ethyl adjacent to an activating group) is 1. The molecule has 0 aromatic heterocycles. The van der Waals surface area contributed by atoms with Crippen LogP contribution in [-0.4, -0.2) is 36.3 Å². The van der Waals surface area contributed by atoms with Crippen molar-refractivity contribution >= 4 is 23.2 Å². The van der Waals surface area contributed by atoms with E-state index in [1.807, 2.05) is 62.4 Å².